The van der Waals surface area contributed by atoms with E-state index >= 15 is 0 Å². The number of benzene rings is 2. The second-order valence-corrected chi connectivity index (χ2v) is 7.05. The summed E-state index contributed by atoms with van der Waals surface area (Å²) in [6.45, 7) is -0.0771. The van der Waals surface area contributed by atoms with Crippen molar-refractivity contribution in [1.82, 2.24) is 4.98 Å². The van der Waals surface area contributed by atoms with E-state index in [9.17, 15) is 4.79 Å². The minimum absolute atomic E-state index is 0.0771. The lowest BCUT2D eigenvalue weighted by molar-refractivity contribution is -0.118. The summed E-state index contributed by atoms with van der Waals surface area (Å²) >= 11 is 10.6. The average molecular weight is 424 g/mol. The lowest BCUT2D eigenvalue weighted by atomic mass is 10.2. The summed E-state index contributed by atoms with van der Waals surface area (Å²) in [4.78, 5) is 16.4. The average Bonchev–Trinajstić information content (AvgIpc) is 3.02. The molecule has 0 spiro atoms. The summed E-state index contributed by atoms with van der Waals surface area (Å²) in [5, 5.41) is 5.82. The van der Waals surface area contributed by atoms with Crippen molar-refractivity contribution in [2.24, 2.45) is 0 Å². The molecule has 0 aliphatic carbocycles. The molecule has 0 aliphatic heterocycles. The van der Waals surface area contributed by atoms with E-state index in [4.69, 9.17) is 16.3 Å². The third-order valence-electron chi connectivity index (χ3n) is 3.06. The maximum Gasteiger partial charge on any atom is 0.264 e. The quantitative estimate of drug-likeness (QED) is 0.610. The van der Waals surface area contributed by atoms with Crippen LogP contribution in [-0.2, 0) is 4.79 Å². The van der Waals surface area contributed by atoms with Gasteiger partial charge in [0.2, 0.25) is 0 Å². The van der Waals surface area contributed by atoms with E-state index < -0.39 is 0 Å². The number of carbonyl (C=O) groups is 1. The molecule has 1 aromatic heterocycles. The van der Waals surface area contributed by atoms with E-state index in [0.29, 0.717) is 15.9 Å². The maximum atomic E-state index is 12.0. The molecule has 0 fully saturated rings. The highest BCUT2D eigenvalue weighted by Gasteiger charge is 2.09. The first-order valence-corrected chi connectivity index (χ1v) is 9.05. The third-order valence-corrected chi connectivity index (χ3v) is 4.56. The zero-order valence-corrected chi connectivity index (χ0v) is 15.5. The van der Waals surface area contributed by atoms with E-state index in [0.717, 1.165) is 15.7 Å². The van der Waals surface area contributed by atoms with Gasteiger partial charge in [-0.05, 0) is 30.3 Å². The van der Waals surface area contributed by atoms with Gasteiger partial charge in [-0.25, -0.2) is 4.98 Å². The lowest BCUT2D eigenvalue weighted by Gasteiger charge is -2.06. The molecule has 0 saturated heterocycles. The van der Waals surface area contributed by atoms with E-state index in [1.807, 2.05) is 29.6 Å². The number of halogens is 2. The molecule has 3 aromatic rings. The number of carbonyl (C=O) groups excluding carboxylic acids is 1. The third kappa shape index (κ3) is 4.56. The first-order chi connectivity index (χ1) is 11.6. The number of hydrogen-bond donors (Lipinski definition) is 1. The Hall–Kier alpha value is -1.89. The van der Waals surface area contributed by atoms with Gasteiger partial charge in [-0.2, -0.15) is 0 Å². The van der Waals surface area contributed by atoms with Crippen LogP contribution in [0.15, 0.2) is 58.4 Å². The molecule has 122 valence electrons. The molecule has 24 heavy (non-hydrogen) atoms. The monoisotopic (exact) mass is 422 g/mol. The van der Waals surface area contributed by atoms with Gasteiger partial charge in [-0.1, -0.05) is 45.7 Å². The Morgan fingerprint density at radius 3 is 2.79 bits per heavy atom. The van der Waals surface area contributed by atoms with Crippen molar-refractivity contribution in [3.05, 3.63) is 63.4 Å². The summed E-state index contributed by atoms with van der Waals surface area (Å²) < 4.78 is 6.34. The zero-order chi connectivity index (χ0) is 16.9. The minimum Gasteiger partial charge on any atom is -0.484 e. The molecule has 0 bridgehead atoms. The first kappa shape index (κ1) is 17.0. The largest absolute Gasteiger partial charge is 0.484 e. The molecule has 1 N–H and O–H groups in total. The molecule has 0 saturated carbocycles. The second kappa shape index (κ2) is 7.79. The maximum absolute atomic E-state index is 12.0. The number of nitrogens with one attached hydrogen (secondary N) is 1. The number of anilines is 1. The van der Waals surface area contributed by atoms with Crippen LogP contribution >= 0.6 is 38.9 Å². The molecule has 3 rings (SSSR count). The van der Waals surface area contributed by atoms with Crippen molar-refractivity contribution in [3.8, 4) is 17.0 Å². The topological polar surface area (TPSA) is 51.2 Å². The highest BCUT2D eigenvalue weighted by Crippen LogP contribution is 2.26. The van der Waals surface area contributed by atoms with Gasteiger partial charge in [-0.15, -0.1) is 11.3 Å². The van der Waals surface area contributed by atoms with E-state index in [1.54, 1.807) is 24.3 Å². The van der Waals surface area contributed by atoms with Gasteiger partial charge < -0.3 is 4.74 Å². The second-order valence-electron chi connectivity index (χ2n) is 4.84. The fourth-order valence-electron chi connectivity index (χ4n) is 1.95. The molecule has 0 atom stereocenters. The van der Waals surface area contributed by atoms with E-state index in [-0.39, 0.29) is 12.5 Å². The molecule has 1 amide bonds. The van der Waals surface area contributed by atoms with Crippen LogP contribution in [0.3, 0.4) is 0 Å². The normalized spacial score (nSPS) is 10.4. The Morgan fingerprint density at radius 1 is 1.25 bits per heavy atom. The molecule has 1 heterocycles. The summed E-state index contributed by atoms with van der Waals surface area (Å²) in [6.07, 6.45) is 0. The molecular weight excluding hydrogens is 412 g/mol. The number of hydrogen-bond acceptors (Lipinski definition) is 4. The van der Waals surface area contributed by atoms with Crippen molar-refractivity contribution >= 4 is 49.9 Å². The molecule has 2 aromatic carbocycles. The van der Waals surface area contributed by atoms with Crippen LogP contribution in [-0.4, -0.2) is 17.5 Å². The van der Waals surface area contributed by atoms with Crippen LogP contribution in [0.5, 0.6) is 5.75 Å². The van der Waals surface area contributed by atoms with Crippen molar-refractivity contribution in [2.75, 3.05) is 11.9 Å². The number of rotatable bonds is 5. The molecular formula is C17H12BrClN2O2S. The van der Waals surface area contributed by atoms with E-state index in [2.05, 4.69) is 26.2 Å². The van der Waals surface area contributed by atoms with Gasteiger partial charge in [0.05, 0.1) is 5.69 Å². The zero-order valence-electron chi connectivity index (χ0n) is 12.3. The summed E-state index contributed by atoms with van der Waals surface area (Å²) in [6, 6.07) is 14.7. The Kier molecular flexibility index (Phi) is 5.50. The van der Waals surface area contributed by atoms with Crippen LogP contribution in [0, 0.1) is 0 Å². The Labute approximate surface area is 156 Å². The van der Waals surface area contributed by atoms with Gasteiger partial charge in [0.15, 0.2) is 11.7 Å². The van der Waals surface area contributed by atoms with Gasteiger partial charge in [0.25, 0.3) is 5.91 Å². The first-order valence-electron chi connectivity index (χ1n) is 7.00. The number of nitrogens with zero attached hydrogens (tertiary/aromatic N) is 1. The van der Waals surface area contributed by atoms with Crippen molar-refractivity contribution < 1.29 is 9.53 Å². The predicted octanol–water partition coefficient (Wildman–Crippen LogP) is 5.24. The SMILES string of the molecule is O=C(COc1cccc(Br)c1)Nc1nc(-c2ccc(Cl)cc2)cs1. The van der Waals surface area contributed by atoms with Crippen LogP contribution in [0.1, 0.15) is 0 Å². The van der Waals surface area contributed by atoms with Crippen molar-refractivity contribution in [3.63, 3.8) is 0 Å². The standard InChI is InChI=1S/C17H12BrClN2O2S/c18-12-2-1-3-14(8-12)23-9-16(22)21-17-20-15(10-24-17)11-4-6-13(19)7-5-11/h1-8,10H,9H2,(H,20,21,22). The van der Waals surface area contributed by atoms with Gasteiger partial charge in [0.1, 0.15) is 5.75 Å². The van der Waals surface area contributed by atoms with Crippen LogP contribution < -0.4 is 10.1 Å². The molecule has 4 nitrogen and oxygen atoms in total. The fourth-order valence-corrected chi connectivity index (χ4v) is 3.19. The van der Waals surface area contributed by atoms with Crippen molar-refractivity contribution in [1.29, 1.82) is 0 Å². The number of aromatic nitrogens is 1. The van der Waals surface area contributed by atoms with E-state index in [1.165, 1.54) is 11.3 Å². The van der Waals surface area contributed by atoms with Crippen molar-refractivity contribution in [2.45, 2.75) is 0 Å². The smallest absolute Gasteiger partial charge is 0.264 e. The molecule has 0 aliphatic rings. The fraction of sp³-hybridized carbons (Fsp3) is 0.0588. The number of thiazole rings is 1. The van der Waals surface area contributed by atoms with Crippen LogP contribution in [0.2, 0.25) is 5.02 Å². The Bertz CT molecular complexity index is 852. The molecule has 0 unspecified atom stereocenters. The highest BCUT2D eigenvalue weighted by atomic mass is 79.9. The lowest BCUT2D eigenvalue weighted by Crippen LogP contribution is -2.20. The summed E-state index contributed by atoms with van der Waals surface area (Å²) in [5.74, 6) is 0.368. The number of amides is 1. The molecule has 0 radical (unpaired) electrons. The van der Waals surface area contributed by atoms with Gasteiger partial charge >= 0.3 is 0 Å². The van der Waals surface area contributed by atoms with Gasteiger partial charge in [-0.3, -0.25) is 10.1 Å². The van der Waals surface area contributed by atoms with Crippen LogP contribution in [0.4, 0.5) is 5.13 Å². The summed E-state index contributed by atoms with van der Waals surface area (Å²) in [7, 11) is 0. The Balaban J connectivity index is 1.58. The van der Waals surface area contributed by atoms with Gasteiger partial charge in [0, 0.05) is 20.4 Å². The van der Waals surface area contributed by atoms with Crippen LogP contribution in [0.25, 0.3) is 11.3 Å². The minimum atomic E-state index is -0.257. The predicted molar refractivity (Wildman–Crippen MR) is 101 cm³/mol. The Morgan fingerprint density at radius 2 is 2.04 bits per heavy atom. The highest BCUT2D eigenvalue weighted by molar-refractivity contribution is 9.10. The number of ether oxygens (including phenoxy) is 1. The molecule has 7 heteroatoms. The summed E-state index contributed by atoms with van der Waals surface area (Å²) in [5.41, 5.74) is 1.74.